The summed E-state index contributed by atoms with van der Waals surface area (Å²) in [6.45, 7) is 0. The van der Waals surface area contributed by atoms with Crippen molar-refractivity contribution in [2.75, 3.05) is 12.4 Å². The van der Waals surface area contributed by atoms with Crippen molar-refractivity contribution in [2.24, 2.45) is 7.05 Å². The third kappa shape index (κ3) is 3.74. The number of ether oxygens (including phenoxy) is 1. The van der Waals surface area contributed by atoms with E-state index in [4.69, 9.17) is 16.3 Å². The van der Waals surface area contributed by atoms with E-state index in [1.807, 2.05) is 13.2 Å². The van der Waals surface area contributed by atoms with Gasteiger partial charge in [-0.05, 0) is 24.1 Å². The smallest absolute Gasteiger partial charge is 0.224 e. The molecule has 0 aliphatic heterocycles. The molecule has 0 unspecified atom stereocenters. The summed E-state index contributed by atoms with van der Waals surface area (Å²) in [4.78, 5) is 11.9. The van der Waals surface area contributed by atoms with Crippen LogP contribution in [0.5, 0.6) is 5.75 Å². The average molecular weight is 294 g/mol. The van der Waals surface area contributed by atoms with Crippen LogP contribution in [0.4, 0.5) is 5.69 Å². The number of nitrogens with zero attached hydrogens (tertiary/aromatic N) is 2. The van der Waals surface area contributed by atoms with Crippen molar-refractivity contribution in [3.05, 3.63) is 41.2 Å². The van der Waals surface area contributed by atoms with Gasteiger partial charge in [0.2, 0.25) is 5.91 Å². The van der Waals surface area contributed by atoms with Crippen molar-refractivity contribution in [1.82, 2.24) is 9.78 Å². The van der Waals surface area contributed by atoms with Crippen LogP contribution in [0.3, 0.4) is 0 Å². The molecule has 2 aromatic rings. The molecule has 5 nitrogen and oxygen atoms in total. The number of halogens is 1. The van der Waals surface area contributed by atoms with Gasteiger partial charge >= 0.3 is 0 Å². The van der Waals surface area contributed by atoms with Crippen molar-refractivity contribution in [1.29, 1.82) is 0 Å². The first-order chi connectivity index (χ1) is 9.58. The lowest BCUT2D eigenvalue weighted by Crippen LogP contribution is -2.12. The highest BCUT2D eigenvalue weighted by Gasteiger charge is 2.07. The molecule has 0 aliphatic carbocycles. The number of rotatable bonds is 5. The molecule has 0 atom stereocenters. The van der Waals surface area contributed by atoms with Gasteiger partial charge in [0.25, 0.3) is 0 Å². The van der Waals surface area contributed by atoms with Crippen LogP contribution < -0.4 is 10.1 Å². The maximum atomic E-state index is 11.9. The largest absolute Gasteiger partial charge is 0.495 e. The van der Waals surface area contributed by atoms with Gasteiger partial charge in [0.15, 0.2) is 0 Å². The summed E-state index contributed by atoms with van der Waals surface area (Å²) in [5, 5.41) is 7.40. The maximum Gasteiger partial charge on any atom is 0.224 e. The molecule has 0 saturated carbocycles. The number of anilines is 1. The number of carbonyl (C=O) groups excluding carboxylic acids is 1. The third-order valence-electron chi connectivity index (χ3n) is 2.83. The number of nitrogens with one attached hydrogen (secondary N) is 1. The average Bonchev–Trinajstić information content (AvgIpc) is 2.84. The number of carbonyl (C=O) groups is 1. The van der Waals surface area contributed by atoms with E-state index in [9.17, 15) is 4.79 Å². The van der Waals surface area contributed by atoms with Crippen LogP contribution in [0.2, 0.25) is 5.02 Å². The third-order valence-corrected chi connectivity index (χ3v) is 3.15. The standard InChI is InChI=1S/C14H16ClN3O2/c1-18-9-10(8-16-18)3-6-14(19)17-11-4-5-12(15)13(7-11)20-2/h4-5,7-9H,3,6H2,1-2H3,(H,17,19). The van der Waals surface area contributed by atoms with Gasteiger partial charge in [-0.1, -0.05) is 11.6 Å². The number of aryl methyl sites for hydroxylation is 2. The molecular weight excluding hydrogens is 278 g/mol. The molecule has 0 bridgehead atoms. The van der Waals surface area contributed by atoms with Crippen molar-refractivity contribution >= 4 is 23.2 Å². The van der Waals surface area contributed by atoms with Crippen molar-refractivity contribution in [3.8, 4) is 5.75 Å². The van der Waals surface area contributed by atoms with Gasteiger partial charge in [0.05, 0.1) is 18.3 Å². The number of hydrogen-bond donors (Lipinski definition) is 1. The SMILES string of the molecule is COc1cc(NC(=O)CCc2cnn(C)c2)ccc1Cl. The minimum atomic E-state index is -0.0572. The Kier molecular flexibility index (Phi) is 4.63. The lowest BCUT2D eigenvalue weighted by Gasteiger charge is -2.08. The van der Waals surface area contributed by atoms with Crippen LogP contribution in [0.15, 0.2) is 30.6 Å². The lowest BCUT2D eigenvalue weighted by atomic mass is 10.2. The van der Waals surface area contributed by atoms with Gasteiger partial charge in [-0.25, -0.2) is 0 Å². The van der Waals surface area contributed by atoms with Gasteiger partial charge in [-0.2, -0.15) is 5.10 Å². The molecule has 106 valence electrons. The summed E-state index contributed by atoms with van der Waals surface area (Å²) in [7, 11) is 3.39. The quantitative estimate of drug-likeness (QED) is 0.922. The number of amides is 1. The highest BCUT2D eigenvalue weighted by atomic mass is 35.5. The zero-order valence-corrected chi connectivity index (χ0v) is 12.1. The van der Waals surface area contributed by atoms with E-state index in [0.29, 0.717) is 29.3 Å². The van der Waals surface area contributed by atoms with Crippen molar-refractivity contribution in [3.63, 3.8) is 0 Å². The number of methoxy groups -OCH3 is 1. The molecule has 2 rings (SSSR count). The lowest BCUT2D eigenvalue weighted by molar-refractivity contribution is -0.116. The first kappa shape index (κ1) is 14.4. The fraction of sp³-hybridized carbons (Fsp3) is 0.286. The predicted octanol–water partition coefficient (Wildman–Crippen LogP) is 2.65. The summed E-state index contributed by atoms with van der Waals surface area (Å²) < 4.78 is 6.82. The molecule has 1 amide bonds. The minimum absolute atomic E-state index is 0.0572. The van der Waals surface area contributed by atoms with E-state index in [1.165, 1.54) is 7.11 Å². The molecule has 0 fully saturated rings. The summed E-state index contributed by atoms with van der Waals surface area (Å²) in [5.74, 6) is 0.481. The van der Waals surface area contributed by atoms with Gasteiger partial charge in [0.1, 0.15) is 5.75 Å². The number of aromatic nitrogens is 2. The summed E-state index contributed by atoms with van der Waals surface area (Å²) in [5.41, 5.74) is 1.71. The van der Waals surface area contributed by atoms with E-state index < -0.39 is 0 Å². The Bertz CT molecular complexity index is 610. The zero-order valence-electron chi connectivity index (χ0n) is 11.4. The molecule has 0 saturated heterocycles. The van der Waals surface area contributed by atoms with Gasteiger partial charge in [-0.15, -0.1) is 0 Å². The Morgan fingerprint density at radius 3 is 2.95 bits per heavy atom. The number of benzene rings is 1. The maximum absolute atomic E-state index is 11.9. The molecule has 1 N–H and O–H groups in total. The van der Waals surface area contributed by atoms with Crippen molar-refractivity contribution in [2.45, 2.75) is 12.8 Å². The molecule has 1 aromatic carbocycles. The van der Waals surface area contributed by atoms with Crippen LogP contribution in [-0.2, 0) is 18.3 Å². The van der Waals surface area contributed by atoms with E-state index in [2.05, 4.69) is 10.4 Å². The Balaban J connectivity index is 1.91. The van der Waals surface area contributed by atoms with Crippen LogP contribution in [0.1, 0.15) is 12.0 Å². The Morgan fingerprint density at radius 1 is 1.50 bits per heavy atom. The van der Waals surface area contributed by atoms with E-state index >= 15 is 0 Å². The molecule has 1 heterocycles. The van der Waals surface area contributed by atoms with Crippen LogP contribution in [0, 0.1) is 0 Å². The second-order valence-corrected chi connectivity index (χ2v) is 4.83. The molecule has 6 heteroatoms. The fourth-order valence-electron chi connectivity index (χ4n) is 1.82. The van der Waals surface area contributed by atoms with Crippen molar-refractivity contribution < 1.29 is 9.53 Å². The van der Waals surface area contributed by atoms with E-state index in [1.54, 1.807) is 29.1 Å². The van der Waals surface area contributed by atoms with Crippen LogP contribution in [0.25, 0.3) is 0 Å². The number of hydrogen-bond acceptors (Lipinski definition) is 3. The molecule has 0 radical (unpaired) electrons. The summed E-state index contributed by atoms with van der Waals surface area (Å²) >= 11 is 5.93. The summed E-state index contributed by atoms with van der Waals surface area (Å²) in [6, 6.07) is 5.13. The Morgan fingerprint density at radius 2 is 2.30 bits per heavy atom. The first-order valence-electron chi connectivity index (χ1n) is 6.19. The molecule has 0 spiro atoms. The highest BCUT2D eigenvalue weighted by molar-refractivity contribution is 6.32. The van der Waals surface area contributed by atoms with Crippen LogP contribution >= 0.6 is 11.6 Å². The summed E-state index contributed by atoms with van der Waals surface area (Å²) in [6.07, 6.45) is 4.72. The highest BCUT2D eigenvalue weighted by Crippen LogP contribution is 2.27. The first-order valence-corrected chi connectivity index (χ1v) is 6.57. The molecular formula is C14H16ClN3O2. The second-order valence-electron chi connectivity index (χ2n) is 4.42. The normalized spacial score (nSPS) is 10.3. The molecule has 1 aromatic heterocycles. The Labute approximate surface area is 122 Å². The molecule has 0 aliphatic rings. The molecule has 20 heavy (non-hydrogen) atoms. The van der Waals surface area contributed by atoms with Gasteiger partial charge in [-0.3, -0.25) is 9.48 Å². The van der Waals surface area contributed by atoms with Crippen LogP contribution in [-0.4, -0.2) is 22.8 Å². The predicted molar refractivity (Wildman–Crippen MR) is 78.2 cm³/mol. The van der Waals surface area contributed by atoms with Gasteiger partial charge < -0.3 is 10.1 Å². The Hall–Kier alpha value is -2.01. The van der Waals surface area contributed by atoms with Gasteiger partial charge in [0, 0.05) is 31.4 Å². The minimum Gasteiger partial charge on any atom is -0.495 e. The zero-order chi connectivity index (χ0) is 14.5. The monoisotopic (exact) mass is 293 g/mol. The fourth-order valence-corrected chi connectivity index (χ4v) is 2.01. The second kappa shape index (κ2) is 6.43. The topological polar surface area (TPSA) is 56.1 Å². The van der Waals surface area contributed by atoms with E-state index in [0.717, 1.165) is 5.56 Å². The van der Waals surface area contributed by atoms with E-state index in [-0.39, 0.29) is 5.91 Å².